The number of rotatable bonds is 2. The Hall–Kier alpha value is -3.78. The van der Waals surface area contributed by atoms with Crippen LogP contribution in [-0.4, -0.2) is 0 Å². The lowest BCUT2D eigenvalue weighted by Gasteiger charge is -2.18. The summed E-state index contributed by atoms with van der Waals surface area (Å²) in [6.45, 7) is 8.75. The van der Waals surface area contributed by atoms with Crippen LogP contribution in [0.5, 0.6) is 0 Å². The maximum Gasteiger partial charge on any atom is 0.179 e. The number of hydrogen-bond acceptors (Lipinski definition) is 2. The van der Waals surface area contributed by atoms with E-state index in [1.165, 1.54) is 43.8 Å². The van der Waals surface area contributed by atoms with Gasteiger partial charge in [-0.3, -0.25) is 0 Å². The Balaban J connectivity index is 1.87. The van der Waals surface area contributed by atoms with E-state index in [1.807, 2.05) is 0 Å². The Morgan fingerprint density at radius 3 is 1.26 bits per heavy atom. The highest BCUT2D eigenvalue weighted by molar-refractivity contribution is 6.35. The largest absolute Gasteiger partial charge is 0.452 e. The van der Waals surface area contributed by atoms with Crippen molar-refractivity contribution < 1.29 is 8.83 Å². The Kier molecular flexibility index (Phi) is 3.97. The third-order valence-electron chi connectivity index (χ3n) is 7.44. The zero-order chi connectivity index (χ0) is 23.1. The second kappa shape index (κ2) is 6.87. The van der Waals surface area contributed by atoms with Gasteiger partial charge in [-0.1, -0.05) is 61.4 Å². The van der Waals surface area contributed by atoms with Crippen LogP contribution in [-0.2, 0) is 12.8 Å². The van der Waals surface area contributed by atoms with E-state index in [2.05, 4.69) is 88.4 Å². The average Bonchev–Trinajstić information content (AvgIpc) is 2.86. The minimum Gasteiger partial charge on any atom is -0.452 e. The molecule has 0 bridgehead atoms. The summed E-state index contributed by atoms with van der Waals surface area (Å²) in [7, 11) is 0. The van der Waals surface area contributed by atoms with Crippen molar-refractivity contribution >= 4 is 65.4 Å². The van der Waals surface area contributed by atoms with E-state index < -0.39 is 0 Å². The monoisotopic (exact) mass is 442 g/mol. The molecule has 5 aromatic carbocycles. The lowest BCUT2D eigenvalue weighted by molar-refractivity contribution is 0.625. The van der Waals surface area contributed by atoms with Gasteiger partial charge in [0, 0.05) is 21.5 Å². The Bertz CT molecular complexity index is 1800. The topological polar surface area (TPSA) is 26.3 Å². The van der Waals surface area contributed by atoms with Crippen molar-refractivity contribution in [3.05, 3.63) is 82.9 Å². The van der Waals surface area contributed by atoms with Crippen molar-refractivity contribution in [3.63, 3.8) is 0 Å². The maximum absolute atomic E-state index is 6.67. The van der Waals surface area contributed by atoms with Gasteiger partial charge in [-0.15, -0.1) is 0 Å². The molecule has 0 radical (unpaired) electrons. The predicted molar refractivity (Wildman–Crippen MR) is 144 cm³/mol. The van der Waals surface area contributed by atoms with Crippen molar-refractivity contribution in [3.8, 4) is 0 Å². The van der Waals surface area contributed by atoms with Crippen molar-refractivity contribution in [2.24, 2.45) is 0 Å². The maximum atomic E-state index is 6.67. The molecule has 7 rings (SSSR count). The molecule has 2 heterocycles. The van der Waals surface area contributed by atoms with Gasteiger partial charge in [0.1, 0.15) is 11.2 Å². The van der Waals surface area contributed by atoms with Crippen molar-refractivity contribution in [1.29, 1.82) is 0 Å². The summed E-state index contributed by atoms with van der Waals surface area (Å²) >= 11 is 0. The average molecular weight is 443 g/mol. The molecule has 0 spiro atoms. The lowest BCUT2D eigenvalue weighted by atomic mass is 9.89. The molecule has 2 aromatic heterocycles. The molecule has 2 heteroatoms. The first kappa shape index (κ1) is 19.7. The van der Waals surface area contributed by atoms with Crippen LogP contribution in [0.2, 0.25) is 0 Å². The molecule has 34 heavy (non-hydrogen) atoms. The van der Waals surface area contributed by atoms with E-state index in [9.17, 15) is 0 Å². The predicted octanol–water partition coefficient (Wildman–Crippen LogP) is 9.53. The molecular weight excluding hydrogens is 416 g/mol. The molecule has 0 N–H and O–H groups in total. The summed E-state index contributed by atoms with van der Waals surface area (Å²) < 4.78 is 13.3. The quantitative estimate of drug-likeness (QED) is 0.197. The molecule has 0 fully saturated rings. The zero-order valence-electron chi connectivity index (χ0n) is 20.0. The van der Waals surface area contributed by atoms with Gasteiger partial charge < -0.3 is 8.83 Å². The second-order valence-electron chi connectivity index (χ2n) is 9.70. The van der Waals surface area contributed by atoms with Gasteiger partial charge in [-0.25, -0.2) is 0 Å². The summed E-state index contributed by atoms with van der Waals surface area (Å²) in [5, 5.41) is 9.65. The minimum atomic E-state index is 0.841. The molecule has 0 aliphatic rings. The Morgan fingerprint density at radius 1 is 0.500 bits per heavy atom. The first-order valence-corrected chi connectivity index (χ1v) is 12.2. The third kappa shape index (κ3) is 2.57. The molecule has 0 saturated carbocycles. The normalized spacial score (nSPS) is 12.4. The summed E-state index contributed by atoms with van der Waals surface area (Å²) in [6, 6.07) is 22.3. The fourth-order valence-corrected chi connectivity index (χ4v) is 5.68. The first-order valence-electron chi connectivity index (χ1n) is 12.2. The standard InChI is InChI=1S/C32H26O2/c1-5-19-13-23-21-11-17(3)7-9-27(21)33-31-29(23)25(15-19)26-16-20(6-2)14-24-22-12-18(4)8-10-28(22)34-32(31)30(24)26/h7-16H,5-6H2,1-4H3. The van der Waals surface area contributed by atoms with Crippen LogP contribution < -0.4 is 0 Å². The van der Waals surface area contributed by atoms with Crippen LogP contribution in [0.4, 0.5) is 0 Å². The van der Waals surface area contributed by atoms with E-state index in [0.717, 1.165) is 56.7 Å². The molecule has 0 saturated heterocycles. The van der Waals surface area contributed by atoms with Crippen molar-refractivity contribution in [2.75, 3.05) is 0 Å². The van der Waals surface area contributed by atoms with E-state index in [4.69, 9.17) is 8.83 Å². The Labute approximate surface area is 197 Å². The second-order valence-corrected chi connectivity index (χ2v) is 9.70. The number of fused-ring (bicyclic) bond motifs is 6. The number of benzene rings is 5. The molecule has 0 aliphatic carbocycles. The van der Waals surface area contributed by atoms with Crippen LogP contribution in [0.1, 0.15) is 36.1 Å². The fourth-order valence-electron chi connectivity index (χ4n) is 5.68. The SMILES string of the molecule is CCc1cc2c3cc(C)ccc3oc3c4oc5ccc(C)cc5c5cc(CC)cc(c(c1)c23)c54. The first-order chi connectivity index (χ1) is 16.6. The molecule has 2 nitrogen and oxygen atoms in total. The van der Waals surface area contributed by atoms with E-state index in [1.54, 1.807) is 0 Å². The van der Waals surface area contributed by atoms with E-state index >= 15 is 0 Å². The fraction of sp³-hybridized carbons (Fsp3) is 0.188. The van der Waals surface area contributed by atoms with Gasteiger partial charge in [-0.2, -0.15) is 0 Å². The molecular formula is C32H26O2. The van der Waals surface area contributed by atoms with Gasteiger partial charge in [0.15, 0.2) is 11.2 Å². The van der Waals surface area contributed by atoms with Crippen LogP contribution in [0, 0.1) is 13.8 Å². The minimum absolute atomic E-state index is 0.841. The zero-order valence-corrected chi connectivity index (χ0v) is 20.0. The van der Waals surface area contributed by atoms with Crippen molar-refractivity contribution in [2.45, 2.75) is 40.5 Å². The molecule has 0 aliphatic heterocycles. The molecule has 0 amide bonds. The number of aryl methyl sites for hydroxylation is 4. The van der Waals surface area contributed by atoms with Crippen LogP contribution >= 0.6 is 0 Å². The van der Waals surface area contributed by atoms with Gasteiger partial charge in [0.25, 0.3) is 0 Å². The summed E-state index contributed by atoms with van der Waals surface area (Å²) in [4.78, 5) is 0. The Morgan fingerprint density at radius 2 is 0.882 bits per heavy atom. The van der Waals surface area contributed by atoms with Gasteiger partial charge in [0.05, 0.1) is 0 Å². The van der Waals surface area contributed by atoms with Gasteiger partial charge >= 0.3 is 0 Å². The molecule has 166 valence electrons. The van der Waals surface area contributed by atoms with Crippen LogP contribution in [0.25, 0.3) is 65.4 Å². The highest BCUT2D eigenvalue weighted by Gasteiger charge is 2.21. The van der Waals surface area contributed by atoms with Crippen LogP contribution in [0.3, 0.4) is 0 Å². The lowest BCUT2D eigenvalue weighted by Crippen LogP contribution is -1.93. The smallest absolute Gasteiger partial charge is 0.179 e. The highest BCUT2D eigenvalue weighted by Crippen LogP contribution is 2.46. The summed E-state index contributed by atoms with van der Waals surface area (Å²) in [5.41, 5.74) is 8.63. The molecule has 0 atom stereocenters. The molecule has 0 unspecified atom stereocenters. The highest BCUT2D eigenvalue weighted by atomic mass is 16.4. The van der Waals surface area contributed by atoms with Crippen molar-refractivity contribution in [1.82, 2.24) is 0 Å². The molecule has 7 aromatic rings. The summed E-state index contributed by atoms with van der Waals surface area (Å²) in [6.07, 6.45) is 1.98. The van der Waals surface area contributed by atoms with E-state index in [-0.39, 0.29) is 0 Å². The van der Waals surface area contributed by atoms with Gasteiger partial charge in [-0.05, 0) is 83.6 Å². The number of hydrogen-bond donors (Lipinski definition) is 0. The van der Waals surface area contributed by atoms with E-state index in [0.29, 0.717) is 0 Å². The third-order valence-corrected chi connectivity index (χ3v) is 7.44. The van der Waals surface area contributed by atoms with Gasteiger partial charge in [0.2, 0.25) is 0 Å². The summed E-state index contributed by atoms with van der Waals surface area (Å²) in [5.74, 6) is 0. The van der Waals surface area contributed by atoms with Crippen LogP contribution in [0.15, 0.2) is 69.5 Å².